The van der Waals surface area contributed by atoms with Crippen molar-refractivity contribution in [3.8, 4) is 0 Å². The van der Waals surface area contributed by atoms with Crippen LogP contribution in [-0.4, -0.2) is 31.0 Å². The molecule has 0 aliphatic rings. The van der Waals surface area contributed by atoms with Gasteiger partial charge < -0.3 is 15.2 Å². The first kappa shape index (κ1) is 10.2. The molecule has 0 saturated carbocycles. The van der Waals surface area contributed by atoms with E-state index in [-0.39, 0.29) is 0 Å². The van der Waals surface area contributed by atoms with E-state index in [1.54, 1.807) is 6.08 Å². The summed E-state index contributed by atoms with van der Waals surface area (Å²) in [6.45, 7) is 8.21. The minimum atomic E-state index is -0.479. The predicted octanol–water partition coefficient (Wildman–Crippen LogP) is 0.283. The maximum atomic E-state index is 9.14. The van der Waals surface area contributed by atoms with Crippen molar-refractivity contribution in [3.63, 3.8) is 0 Å². The summed E-state index contributed by atoms with van der Waals surface area (Å²) in [5, 5.41) is 11.9. The molecular weight excluding hydrogens is 142 g/mol. The maximum absolute atomic E-state index is 9.14. The van der Waals surface area contributed by atoms with Crippen LogP contribution in [0.4, 0.5) is 0 Å². The number of rotatable bonds is 7. The minimum absolute atomic E-state index is 0.326. The lowest BCUT2D eigenvalue weighted by molar-refractivity contribution is 0.0513. The zero-order valence-corrected chi connectivity index (χ0v) is 6.62. The molecule has 0 aliphatic heterocycles. The molecule has 0 saturated heterocycles. The summed E-state index contributed by atoms with van der Waals surface area (Å²) in [7, 11) is 0. The average Bonchev–Trinajstić information content (AvgIpc) is 2.01. The summed E-state index contributed by atoms with van der Waals surface area (Å²) < 4.78 is 5.00. The number of nitrogens with one attached hydrogen (secondary N) is 1. The molecule has 64 valence electrons. The zero-order chi connectivity index (χ0) is 8.53. The monoisotopic (exact) mass is 157 g/mol. The lowest BCUT2D eigenvalue weighted by atomic mass is 10.4. The quantitative estimate of drug-likeness (QED) is 0.412. The van der Waals surface area contributed by atoms with Crippen molar-refractivity contribution >= 4 is 0 Å². The van der Waals surface area contributed by atoms with E-state index in [1.807, 2.05) is 0 Å². The van der Waals surface area contributed by atoms with Gasteiger partial charge in [-0.1, -0.05) is 12.7 Å². The molecule has 0 aromatic rings. The van der Waals surface area contributed by atoms with Crippen molar-refractivity contribution in [1.29, 1.82) is 0 Å². The van der Waals surface area contributed by atoms with Gasteiger partial charge in [0.1, 0.15) is 0 Å². The summed E-state index contributed by atoms with van der Waals surface area (Å²) in [5.41, 5.74) is 0. The second-order valence-electron chi connectivity index (χ2n) is 2.09. The minimum Gasteiger partial charge on any atom is -0.389 e. The largest absolute Gasteiger partial charge is 0.389 e. The van der Waals surface area contributed by atoms with Crippen molar-refractivity contribution in [2.24, 2.45) is 0 Å². The van der Waals surface area contributed by atoms with Crippen LogP contribution >= 0.6 is 0 Å². The fourth-order valence-corrected chi connectivity index (χ4v) is 0.566. The van der Waals surface area contributed by atoms with Gasteiger partial charge in [-0.05, 0) is 6.20 Å². The molecule has 0 radical (unpaired) electrons. The van der Waals surface area contributed by atoms with Crippen LogP contribution in [0.3, 0.4) is 0 Å². The zero-order valence-electron chi connectivity index (χ0n) is 6.62. The van der Waals surface area contributed by atoms with Gasteiger partial charge in [0.05, 0.1) is 19.3 Å². The smallest absolute Gasteiger partial charge is 0.0945 e. The number of hydrogen-bond donors (Lipinski definition) is 2. The number of ether oxygens (including phenoxy) is 1. The third-order valence-electron chi connectivity index (χ3n) is 1.04. The molecule has 11 heavy (non-hydrogen) atoms. The van der Waals surface area contributed by atoms with Crippen LogP contribution in [-0.2, 0) is 4.74 Å². The molecule has 1 atom stereocenters. The van der Waals surface area contributed by atoms with Crippen LogP contribution in [0, 0.1) is 0 Å². The molecule has 0 bridgehead atoms. The molecule has 0 aromatic carbocycles. The second kappa shape index (κ2) is 7.31. The Morgan fingerprint density at radius 1 is 1.55 bits per heavy atom. The van der Waals surface area contributed by atoms with E-state index in [0.29, 0.717) is 19.8 Å². The molecule has 0 aliphatic carbocycles. The Hall–Kier alpha value is -0.800. The van der Waals surface area contributed by atoms with E-state index in [1.165, 1.54) is 6.20 Å². The van der Waals surface area contributed by atoms with Gasteiger partial charge in [0, 0.05) is 6.54 Å². The van der Waals surface area contributed by atoms with Crippen molar-refractivity contribution in [1.82, 2.24) is 5.32 Å². The van der Waals surface area contributed by atoms with Crippen LogP contribution in [0.15, 0.2) is 25.4 Å². The van der Waals surface area contributed by atoms with E-state index in [9.17, 15) is 0 Å². The lowest BCUT2D eigenvalue weighted by Gasteiger charge is -2.09. The summed E-state index contributed by atoms with van der Waals surface area (Å²) >= 11 is 0. The van der Waals surface area contributed by atoms with Gasteiger partial charge in [-0.25, -0.2) is 0 Å². The fraction of sp³-hybridized carbons (Fsp3) is 0.500. The highest BCUT2D eigenvalue weighted by atomic mass is 16.5. The maximum Gasteiger partial charge on any atom is 0.0945 e. The highest BCUT2D eigenvalue weighted by molar-refractivity contribution is 4.68. The Morgan fingerprint density at radius 2 is 2.27 bits per heavy atom. The Balaban J connectivity index is 3.14. The Bertz CT molecular complexity index is 115. The molecule has 1 unspecified atom stereocenters. The van der Waals surface area contributed by atoms with Gasteiger partial charge in [-0.2, -0.15) is 0 Å². The first-order valence-electron chi connectivity index (χ1n) is 3.52. The van der Waals surface area contributed by atoms with Gasteiger partial charge in [0.25, 0.3) is 0 Å². The van der Waals surface area contributed by atoms with Crippen molar-refractivity contribution in [2.45, 2.75) is 6.10 Å². The highest BCUT2D eigenvalue weighted by Gasteiger charge is 2.00. The van der Waals surface area contributed by atoms with Crippen LogP contribution in [0.1, 0.15) is 0 Å². The molecule has 0 amide bonds. The summed E-state index contributed by atoms with van der Waals surface area (Å²) in [6.07, 6.45) is 2.71. The highest BCUT2D eigenvalue weighted by Crippen LogP contribution is 1.83. The molecule has 0 aromatic heterocycles. The molecule has 2 N–H and O–H groups in total. The Kier molecular flexibility index (Phi) is 6.78. The number of aliphatic hydroxyl groups excluding tert-OH is 1. The van der Waals surface area contributed by atoms with E-state index >= 15 is 0 Å². The number of aliphatic hydroxyl groups is 1. The predicted molar refractivity (Wildman–Crippen MR) is 45.2 cm³/mol. The third kappa shape index (κ3) is 7.09. The SMILES string of the molecule is C=CCOCC(O)CNC=C. The topological polar surface area (TPSA) is 41.5 Å². The van der Waals surface area contributed by atoms with E-state index in [2.05, 4.69) is 18.5 Å². The molecule has 3 nitrogen and oxygen atoms in total. The van der Waals surface area contributed by atoms with E-state index in [4.69, 9.17) is 9.84 Å². The average molecular weight is 157 g/mol. The van der Waals surface area contributed by atoms with Crippen molar-refractivity contribution < 1.29 is 9.84 Å². The molecule has 0 fully saturated rings. The van der Waals surface area contributed by atoms with Crippen molar-refractivity contribution in [3.05, 3.63) is 25.4 Å². The van der Waals surface area contributed by atoms with Gasteiger partial charge in [-0.15, -0.1) is 6.58 Å². The van der Waals surface area contributed by atoms with E-state index < -0.39 is 6.10 Å². The Morgan fingerprint density at radius 3 is 2.82 bits per heavy atom. The number of hydrogen-bond acceptors (Lipinski definition) is 3. The molecule has 0 heterocycles. The van der Waals surface area contributed by atoms with Crippen LogP contribution < -0.4 is 5.32 Å². The fourth-order valence-electron chi connectivity index (χ4n) is 0.566. The normalized spacial score (nSPS) is 12.1. The standard InChI is InChI=1S/C8H15NO2/c1-3-5-11-7-8(10)6-9-4-2/h3-4,8-10H,1-2,5-7H2. The van der Waals surface area contributed by atoms with Crippen molar-refractivity contribution in [2.75, 3.05) is 19.8 Å². The van der Waals surface area contributed by atoms with Crippen LogP contribution in [0.5, 0.6) is 0 Å². The van der Waals surface area contributed by atoms with Crippen LogP contribution in [0.2, 0.25) is 0 Å². The van der Waals surface area contributed by atoms with Gasteiger partial charge in [0.2, 0.25) is 0 Å². The summed E-state index contributed by atoms with van der Waals surface area (Å²) in [5.74, 6) is 0. The Labute approximate surface area is 67.4 Å². The first-order valence-corrected chi connectivity index (χ1v) is 3.52. The van der Waals surface area contributed by atoms with Crippen LogP contribution in [0.25, 0.3) is 0 Å². The lowest BCUT2D eigenvalue weighted by Crippen LogP contribution is -2.27. The summed E-state index contributed by atoms with van der Waals surface area (Å²) in [4.78, 5) is 0. The van der Waals surface area contributed by atoms with E-state index in [0.717, 1.165) is 0 Å². The molecule has 3 heteroatoms. The molecule has 0 spiro atoms. The third-order valence-corrected chi connectivity index (χ3v) is 1.04. The molecular formula is C8H15NO2. The van der Waals surface area contributed by atoms with Gasteiger partial charge in [0.15, 0.2) is 0 Å². The first-order chi connectivity index (χ1) is 5.31. The second-order valence-corrected chi connectivity index (χ2v) is 2.09. The van der Waals surface area contributed by atoms with Gasteiger partial charge >= 0.3 is 0 Å². The molecule has 0 rings (SSSR count). The summed E-state index contributed by atoms with van der Waals surface area (Å²) in [6, 6.07) is 0. The van der Waals surface area contributed by atoms with Gasteiger partial charge in [-0.3, -0.25) is 0 Å².